The smallest absolute Gasteiger partial charge is 0.309 e. The third-order valence-electron chi connectivity index (χ3n) is 6.79. The van der Waals surface area contributed by atoms with Crippen LogP contribution in [0.15, 0.2) is 0 Å². The van der Waals surface area contributed by atoms with E-state index in [1.165, 1.54) is 19.3 Å². The summed E-state index contributed by atoms with van der Waals surface area (Å²) in [5.41, 5.74) is 0. The lowest BCUT2D eigenvalue weighted by molar-refractivity contribution is -0.143. The molecule has 3 heteroatoms. The summed E-state index contributed by atoms with van der Waals surface area (Å²) in [5.74, 6) is 5.99. The highest BCUT2D eigenvalue weighted by Crippen LogP contribution is 2.71. The van der Waals surface area contributed by atoms with Gasteiger partial charge in [-0.1, -0.05) is 0 Å². The number of thiol groups is 1. The molecular formula is C14H18O2S. The van der Waals surface area contributed by atoms with Crippen LogP contribution in [0.5, 0.6) is 0 Å². The van der Waals surface area contributed by atoms with Gasteiger partial charge in [-0.3, -0.25) is 4.79 Å². The molecule has 0 spiro atoms. The molecule has 2 nitrogen and oxygen atoms in total. The minimum absolute atomic E-state index is 0.131. The quantitative estimate of drug-likeness (QED) is 0.404. The Bertz CT molecular complexity index is 409. The molecule has 0 N–H and O–H groups in total. The lowest BCUT2D eigenvalue weighted by Crippen LogP contribution is -2.41. The molecule has 4 saturated carbocycles. The van der Waals surface area contributed by atoms with E-state index in [0.29, 0.717) is 23.0 Å². The van der Waals surface area contributed by atoms with Crippen molar-refractivity contribution in [2.75, 3.05) is 6.61 Å². The first kappa shape index (κ1) is 9.71. The predicted molar refractivity (Wildman–Crippen MR) is 65.5 cm³/mol. The molecule has 1 heterocycles. The Kier molecular flexibility index (Phi) is 1.64. The molecule has 0 radical (unpaired) electrons. The molecule has 9 atom stereocenters. The highest BCUT2D eigenvalue weighted by Gasteiger charge is 2.69. The van der Waals surface area contributed by atoms with Gasteiger partial charge in [-0.05, 0) is 54.8 Å². The highest BCUT2D eigenvalue weighted by molar-refractivity contribution is 7.81. The molecule has 9 unspecified atom stereocenters. The van der Waals surface area contributed by atoms with Crippen molar-refractivity contribution in [3.8, 4) is 0 Å². The van der Waals surface area contributed by atoms with Gasteiger partial charge < -0.3 is 4.74 Å². The second-order valence-electron chi connectivity index (χ2n) is 7.00. The Morgan fingerprint density at radius 1 is 1.00 bits per heavy atom. The lowest BCUT2D eigenvalue weighted by atomic mass is 9.64. The lowest BCUT2D eigenvalue weighted by Gasteiger charge is -2.40. The van der Waals surface area contributed by atoms with Crippen molar-refractivity contribution in [1.29, 1.82) is 0 Å². The molecule has 1 saturated heterocycles. The maximum absolute atomic E-state index is 11.9. The Morgan fingerprint density at radius 3 is 2.76 bits per heavy atom. The summed E-state index contributed by atoms with van der Waals surface area (Å²) in [5, 5.41) is 0.650. The summed E-state index contributed by atoms with van der Waals surface area (Å²) in [6.45, 7) is 0.725. The fourth-order valence-electron chi connectivity index (χ4n) is 6.56. The van der Waals surface area contributed by atoms with Crippen LogP contribution in [0.25, 0.3) is 0 Å². The first-order chi connectivity index (χ1) is 8.25. The number of hydrogen-bond donors (Lipinski definition) is 1. The second kappa shape index (κ2) is 2.87. The number of cyclic esters (lactones) is 1. The molecule has 5 rings (SSSR count). The first-order valence-corrected chi connectivity index (χ1v) is 7.62. The fourth-order valence-corrected chi connectivity index (χ4v) is 7.15. The van der Waals surface area contributed by atoms with Gasteiger partial charge in [0, 0.05) is 11.2 Å². The minimum atomic E-state index is 0.131. The van der Waals surface area contributed by atoms with Crippen molar-refractivity contribution in [2.45, 2.75) is 24.5 Å². The normalized spacial score (nSPS) is 66.2. The van der Waals surface area contributed by atoms with E-state index in [1.807, 2.05) is 0 Å². The van der Waals surface area contributed by atoms with Crippen LogP contribution >= 0.6 is 12.6 Å². The van der Waals surface area contributed by atoms with Gasteiger partial charge in [-0.2, -0.15) is 12.6 Å². The number of esters is 1. The van der Waals surface area contributed by atoms with Gasteiger partial charge in [0.2, 0.25) is 0 Å². The van der Waals surface area contributed by atoms with Gasteiger partial charge in [-0.15, -0.1) is 0 Å². The summed E-state index contributed by atoms with van der Waals surface area (Å²) in [7, 11) is 0. The zero-order valence-corrected chi connectivity index (χ0v) is 10.7. The Hall–Kier alpha value is -0.180. The van der Waals surface area contributed by atoms with Crippen LogP contribution in [0, 0.1) is 47.3 Å². The molecule has 0 aromatic heterocycles. The molecule has 0 aromatic rings. The van der Waals surface area contributed by atoms with E-state index in [4.69, 9.17) is 17.4 Å². The van der Waals surface area contributed by atoms with Gasteiger partial charge in [0.15, 0.2) is 0 Å². The second-order valence-corrected chi connectivity index (χ2v) is 7.66. The molecule has 1 aliphatic heterocycles. The van der Waals surface area contributed by atoms with Crippen molar-refractivity contribution in [3.63, 3.8) is 0 Å². The molecule has 5 fully saturated rings. The number of ether oxygens (including phenoxy) is 1. The van der Waals surface area contributed by atoms with Crippen LogP contribution in [-0.2, 0) is 9.53 Å². The van der Waals surface area contributed by atoms with E-state index in [2.05, 4.69) is 0 Å². The van der Waals surface area contributed by atoms with Gasteiger partial charge in [-0.25, -0.2) is 0 Å². The van der Waals surface area contributed by atoms with Gasteiger partial charge in [0.1, 0.15) is 0 Å². The van der Waals surface area contributed by atoms with Crippen LogP contribution in [0.1, 0.15) is 19.3 Å². The molecule has 5 aliphatic rings. The fraction of sp³-hybridized carbons (Fsp3) is 0.929. The van der Waals surface area contributed by atoms with E-state index in [1.54, 1.807) is 0 Å². The van der Waals surface area contributed by atoms with Crippen LogP contribution in [-0.4, -0.2) is 17.8 Å². The number of rotatable bonds is 0. The molecule has 17 heavy (non-hydrogen) atoms. The molecule has 4 bridgehead atoms. The van der Waals surface area contributed by atoms with Crippen molar-refractivity contribution in [2.24, 2.45) is 47.3 Å². The molecule has 4 aliphatic carbocycles. The van der Waals surface area contributed by atoms with E-state index in [9.17, 15) is 4.79 Å². The molecule has 0 amide bonds. The maximum Gasteiger partial charge on any atom is 0.309 e. The first-order valence-electron chi connectivity index (χ1n) is 7.10. The summed E-state index contributed by atoms with van der Waals surface area (Å²) < 4.78 is 5.33. The highest BCUT2D eigenvalue weighted by atomic mass is 32.1. The Morgan fingerprint density at radius 2 is 1.88 bits per heavy atom. The zero-order chi connectivity index (χ0) is 11.3. The van der Waals surface area contributed by atoms with Crippen LogP contribution in [0.2, 0.25) is 0 Å². The summed E-state index contributed by atoms with van der Waals surface area (Å²) in [6, 6.07) is 0. The number of carbonyl (C=O) groups is 1. The molecule has 92 valence electrons. The van der Waals surface area contributed by atoms with Crippen molar-refractivity contribution < 1.29 is 9.53 Å². The summed E-state index contributed by atoms with van der Waals surface area (Å²) in [6.07, 6.45) is 4.04. The van der Waals surface area contributed by atoms with Crippen molar-refractivity contribution in [3.05, 3.63) is 0 Å². The Labute approximate surface area is 107 Å². The summed E-state index contributed by atoms with van der Waals surface area (Å²) >= 11 is 4.79. The molecular weight excluding hydrogens is 232 g/mol. The van der Waals surface area contributed by atoms with E-state index >= 15 is 0 Å². The van der Waals surface area contributed by atoms with Crippen LogP contribution in [0.3, 0.4) is 0 Å². The number of carbonyl (C=O) groups excluding carboxylic acids is 1. The van der Waals surface area contributed by atoms with Gasteiger partial charge in [0.05, 0.1) is 12.5 Å². The van der Waals surface area contributed by atoms with Crippen molar-refractivity contribution in [1.82, 2.24) is 0 Å². The zero-order valence-electron chi connectivity index (χ0n) is 9.79. The van der Waals surface area contributed by atoms with Gasteiger partial charge in [0.25, 0.3) is 0 Å². The maximum atomic E-state index is 11.9. The van der Waals surface area contributed by atoms with Crippen molar-refractivity contribution >= 4 is 18.6 Å². The topological polar surface area (TPSA) is 26.3 Å². The number of hydrogen-bond acceptors (Lipinski definition) is 3. The standard InChI is InChI=1S/C14H18O2S/c15-14-13-8-3-6(9(13)4-16-14)12-7-1-5(11(8)12)2-10(7)17/h5-13,17H,1-4H2. The SMILES string of the molecule is O=C1OCC2C3CC(C12)C1C2CC(S)C(C2)C31. The number of fused-ring (bicyclic) bond motifs is 12. The monoisotopic (exact) mass is 250 g/mol. The average molecular weight is 250 g/mol. The van der Waals surface area contributed by atoms with E-state index < -0.39 is 0 Å². The third kappa shape index (κ3) is 0.936. The third-order valence-corrected chi connectivity index (χ3v) is 7.39. The van der Waals surface area contributed by atoms with Gasteiger partial charge >= 0.3 is 5.97 Å². The van der Waals surface area contributed by atoms with Crippen LogP contribution in [0.4, 0.5) is 0 Å². The minimum Gasteiger partial charge on any atom is -0.465 e. The van der Waals surface area contributed by atoms with E-state index in [0.717, 1.165) is 36.2 Å². The van der Waals surface area contributed by atoms with Crippen LogP contribution < -0.4 is 0 Å². The Balaban J connectivity index is 1.57. The summed E-state index contributed by atoms with van der Waals surface area (Å²) in [4.78, 5) is 11.9. The predicted octanol–water partition coefficient (Wildman–Crippen LogP) is 2.00. The molecule has 0 aromatic carbocycles. The van der Waals surface area contributed by atoms with E-state index in [-0.39, 0.29) is 5.97 Å². The average Bonchev–Trinajstić information content (AvgIpc) is 2.99. The largest absolute Gasteiger partial charge is 0.465 e.